The second-order valence-electron chi connectivity index (χ2n) is 6.54. The van der Waals surface area contributed by atoms with E-state index in [1.807, 2.05) is 30.3 Å². The van der Waals surface area contributed by atoms with Gasteiger partial charge in [0, 0.05) is 6.07 Å². The van der Waals surface area contributed by atoms with Gasteiger partial charge in [0.2, 0.25) is 0 Å². The maximum Gasteiger partial charge on any atom is 0.267 e. The predicted octanol–water partition coefficient (Wildman–Crippen LogP) is 5.06. The average molecular weight is 422 g/mol. The van der Waals surface area contributed by atoms with Crippen LogP contribution in [0.5, 0.6) is 11.5 Å². The summed E-state index contributed by atoms with van der Waals surface area (Å²) in [7, 11) is 1.57. The molecule has 1 aromatic heterocycles. The van der Waals surface area contributed by atoms with Gasteiger partial charge in [-0.05, 0) is 35.9 Å². The van der Waals surface area contributed by atoms with Gasteiger partial charge in [0.15, 0.2) is 11.7 Å². The van der Waals surface area contributed by atoms with Gasteiger partial charge in [-0.25, -0.2) is 9.37 Å². The molecule has 0 aliphatic rings. The Bertz CT molecular complexity index is 1160. The lowest BCUT2D eigenvalue weighted by Gasteiger charge is -2.20. The third-order valence-corrected chi connectivity index (χ3v) is 5.50. The molecule has 0 aliphatic heterocycles. The van der Waals surface area contributed by atoms with Gasteiger partial charge < -0.3 is 9.47 Å². The monoisotopic (exact) mass is 422 g/mol. The van der Waals surface area contributed by atoms with Crippen LogP contribution in [0.25, 0.3) is 10.2 Å². The Hall–Kier alpha value is -3.45. The average Bonchev–Trinajstić information content (AvgIpc) is 3.19. The lowest BCUT2D eigenvalue weighted by Crippen LogP contribution is -2.34. The number of methoxy groups -OCH3 is 1. The molecule has 0 fully saturated rings. The Labute approximate surface area is 177 Å². The number of hydrogen-bond donors (Lipinski definition) is 0. The fraction of sp³-hybridized carbons (Fsp3) is 0.130. The van der Waals surface area contributed by atoms with Crippen molar-refractivity contribution in [1.82, 2.24) is 4.98 Å². The highest BCUT2D eigenvalue weighted by Crippen LogP contribution is 2.30. The number of benzene rings is 3. The minimum Gasteiger partial charge on any atom is -0.497 e. The van der Waals surface area contributed by atoms with Crippen LogP contribution in [0.2, 0.25) is 0 Å². The second kappa shape index (κ2) is 8.92. The molecule has 1 heterocycles. The van der Waals surface area contributed by atoms with Crippen LogP contribution >= 0.6 is 11.3 Å². The first-order valence-electron chi connectivity index (χ1n) is 9.29. The van der Waals surface area contributed by atoms with E-state index >= 15 is 0 Å². The van der Waals surface area contributed by atoms with Gasteiger partial charge in [-0.2, -0.15) is 0 Å². The Balaban J connectivity index is 1.59. The van der Waals surface area contributed by atoms with Crippen LogP contribution in [0.4, 0.5) is 9.52 Å². The smallest absolute Gasteiger partial charge is 0.267 e. The van der Waals surface area contributed by atoms with Crippen molar-refractivity contribution < 1.29 is 18.7 Å². The first-order valence-corrected chi connectivity index (χ1v) is 10.1. The van der Waals surface area contributed by atoms with Crippen molar-refractivity contribution in [3.8, 4) is 11.5 Å². The number of fused-ring (bicyclic) bond motifs is 1. The summed E-state index contributed by atoms with van der Waals surface area (Å²) in [6, 6.07) is 21.1. The Morgan fingerprint density at radius 2 is 1.83 bits per heavy atom. The molecule has 0 bridgehead atoms. The molecule has 0 spiro atoms. The van der Waals surface area contributed by atoms with E-state index in [4.69, 9.17) is 9.47 Å². The van der Waals surface area contributed by atoms with Gasteiger partial charge in [-0.15, -0.1) is 0 Å². The summed E-state index contributed by atoms with van der Waals surface area (Å²) in [5.41, 5.74) is 1.61. The van der Waals surface area contributed by atoms with Gasteiger partial charge in [0.1, 0.15) is 17.3 Å². The molecule has 3 aromatic carbocycles. The van der Waals surface area contributed by atoms with Crippen LogP contribution < -0.4 is 14.4 Å². The largest absolute Gasteiger partial charge is 0.497 e. The molecule has 5 nitrogen and oxygen atoms in total. The van der Waals surface area contributed by atoms with Crippen LogP contribution in [0.15, 0.2) is 72.8 Å². The van der Waals surface area contributed by atoms with Gasteiger partial charge in [0.05, 0.1) is 23.9 Å². The number of nitrogens with zero attached hydrogens (tertiary/aromatic N) is 2. The first kappa shape index (κ1) is 19.8. The zero-order chi connectivity index (χ0) is 20.9. The van der Waals surface area contributed by atoms with E-state index in [1.54, 1.807) is 42.3 Å². The van der Waals surface area contributed by atoms with E-state index < -0.39 is 0 Å². The topological polar surface area (TPSA) is 51.7 Å². The summed E-state index contributed by atoms with van der Waals surface area (Å²) in [6.45, 7) is 0.174. The summed E-state index contributed by atoms with van der Waals surface area (Å²) >= 11 is 1.27. The molecule has 1 amide bonds. The number of carbonyl (C=O) groups excluding carboxylic acids is 1. The van der Waals surface area contributed by atoms with Gasteiger partial charge >= 0.3 is 0 Å². The molecule has 0 unspecified atom stereocenters. The molecule has 0 saturated carbocycles. The van der Waals surface area contributed by atoms with Crippen LogP contribution in [-0.2, 0) is 11.3 Å². The van der Waals surface area contributed by atoms with Gasteiger partial charge in [-0.1, -0.05) is 47.7 Å². The number of carbonyl (C=O) groups is 1. The van der Waals surface area contributed by atoms with E-state index in [1.165, 1.54) is 23.5 Å². The number of ether oxygens (including phenoxy) is 2. The van der Waals surface area contributed by atoms with Crippen molar-refractivity contribution in [3.63, 3.8) is 0 Å². The van der Waals surface area contributed by atoms with Crippen molar-refractivity contribution in [2.24, 2.45) is 0 Å². The SMILES string of the molecule is COc1cccc(OCC(=O)N(Cc2ccccc2)c2nc3ccc(F)cc3s2)c1. The summed E-state index contributed by atoms with van der Waals surface area (Å²) in [4.78, 5) is 19.2. The molecule has 152 valence electrons. The number of anilines is 1. The van der Waals surface area contributed by atoms with Crippen LogP contribution in [0.3, 0.4) is 0 Å². The molecule has 4 aromatic rings. The minimum absolute atomic E-state index is 0.162. The summed E-state index contributed by atoms with van der Waals surface area (Å²) < 4.78 is 25.2. The number of amides is 1. The molecular formula is C23H19FN2O3S. The standard InChI is InChI=1S/C23H19FN2O3S/c1-28-18-8-5-9-19(13-18)29-15-22(27)26(14-16-6-3-2-4-7-16)23-25-20-11-10-17(24)12-21(20)30-23/h2-13H,14-15H2,1H3. The molecule has 30 heavy (non-hydrogen) atoms. The lowest BCUT2D eigenvalue weighted by atomic mass is 10.2. The zero-order valence-electron chi connectivity index (χ0n) is 16.2. The van der Waals surface area contributed by atoms with E-state index in [-0.39, 0.29) is 18.3 Å². The highest BCUT2D eigenvalue weighted by Gasteiger charge is 2.21. The first-order chi connectivity index (χ1) is 14.6. The van der Waals surface area contributed by atoms with Crippen LogP contribution in [0.1, 0.15) is 5.56 Å². The van der Waals surface area contributed by atoms with Crippen molar-refractivity contribution >= 4 is 32.6 Å². The molecular weight excluding hydrogens is 403 g/mol. The minimum atomic E-state index is -0.333. The lowest BCUT2D eigenvalue weighted by molar-refractivity contribution is -0.120. The van der Waals surface area contributed by atoms with E-state index in [0.717, 1.165) is 5.56 Å². The Kier molecular flexibility index (Phi) is 5.90. The molecule has 0 saturated heterocycles. The summed E-state index contributed by atoms with van der Waals surface area (Å²) in [5, 5.41) is 0.499. The highest BCUT2D eigenvalue weighted by atomic mass is 32.1. The van der Waals surface area contributed by atoms with Crippen molar-refractivity contribution in [2.75, 3.05) is 18.6 Å². The van der Waals surface area contributed by atoms with E-state index in [9.17, 15) is 9.18 Å². The Morgan fingerprint density at radius 3 is 2.63 bits per heavy atom. The molecule has 0 aliphatic carbocycles. The van der Waals surface area contributed by atoms with Gasteiger partial charge in [0.25, 0.3) is 5.91 Å². The van der Waals surface area contributed by atoms with E-state index in [0.29, 0.717) is 33.4 Å². The number of rotatable bonds is 7. The van der Waals surface area contributed by atoms with Crippen LogP contribution in [-0.4, -0.2) is 24.6 Å². The molecule has 0 atom stereocenters. The fourth-order valence-electron chi connectivity index (χ4n) is 2.94. The van der Waals surface area contributed by atoms with Gasteiger partial charge in [-0.3, -0.25) is 9.69 Å². The third kappa shape index (κ3) is 4.58. The highest BCUT2D eigenvalue weighted by molar-refractivity contribution is 7.22. The third-order valence-electron chi connectivity index (χ3n) is 4.46. The number of halogens is 1. The van der Waals surface area contributed by atoms with Crippen LogP contribution in [0, 0.1) is 5.82 Å². The molecule has 0 radical (unpaired) electrons. The molecule has 0 N–H and O–H groups in total. The molecule has 4 rings (SSSR count). The van der Waals surface area contributed by atoms with Crippen molar-refractivity contribution in [2.45, 2.75) is 6.54 Å². The Morgan fingerprint density at radius 1 is 1.03 bits per heavy atom. The zero-order valence-corrected chi connectivity index (χ0v) is 17.1. The van der Waals surface area contributed by atoms with Crippen molar-refractivity contribution in [1.29, 1.82) is 0 Å². The maximum absolute atomic E-state index is 13.6. The quantitative estimate of drug-likeness (QED) is 0.418. The molecule has 7 heteroatoms. The van der Waals surface area contributed by atoms with Crippen molar-refractivity contribution in [3.05, 3.63) is 84.2 Å². The summed E-state index contributed by atoms with van der Waals surface area (Å²) in [5.74, 6) is 0.601. The number of thiazole rings is 1. The van der Waals surface area contributed by atoms with E-state index in [2.05, 4.69) is 4.98 Å². The number of hydrogen-bond acceptors (Lipinski definition) is 5. The summed E-state index contributed by atoms with van der Waals surface area (Å²) in [6.07, 6.45) is 0. The maximum atomic E-state index is 13.6. The normalized spacial score (nSPS) is 10.7. The number of aromatic nitrogens is 1. The fourth-order valence-corrected chi connectivity index (χ4v) is 3.95. The second-order valence-corrected chi connectivity index (χ2v) is 7.55. The predicted molar refractivity (Wildman–Crippen MR) is 116 cm³/mol.